The number of para-hydroxylation sites is 1. The summed E-state index contributed by atoms with van der Waals surface area (Å²) in [7, 11) is 6.11. The number of nitrogens with zero attached hydrogens (tertiary/aromatic N) is 3. The van der Waals surface area contributed by atoms with Crippen molar-refractivity contribution in [1.29, 1.82) is 0 Å². The quantitative estimate of drug-likeness (QED) is 0.558. The third kappa shape index (κ3) is 5.63. The molecule has 104 valence electrons. The molecule has 1 rings (SSSR count). The van der Waals surface area contributed by atoms with Gasteiger partial charge >= 0.3 is 0 Å². The van der Waals surface area contributed by atoms with Crippen LogP contribution in [0.5, 0.6) is 0 Å². The lowest BCUT2D eigenvalue weighted by atomic mass is 10.1. The van der Waals surface area contributed by atoms with Crippen LogP contribution in [0.4, 0.5) is 5.69 Å². The molecule has 0 heterocycles. The van der Waals surface area contributed by atoms with Crippen molar-refractivity contribution in [3.05, 3.63) is 46.0 Å². The molecule has 0 aromatic heterocycles. The zero-order valence-corrected chi connectivity index (χ0v) is 11.7. The molecule has 0 aliphatic carbocycles. The Balaban J connectivity index is 2.55. The zero-order chi connectivity index (χ0) is 14.3. The zero-order valence-electron chi connectivity index (χ0n) is 11.7. The number of likely N-dealkylation sites (N-methyl/N-ethyl adjacent to an activating group) is 2. The Hall–Kier alpha value is -1.72. The van der Waals surface area contributed by atoms with E-state index in [1.165, 1.54) is 6.07 Å². The fourth-order valence-electron chi connectivity index (χ4n) is 1.62. The lowest BCUT2D eigenvalue weighted by Crippen LogP contribution is -2.28. The van der Waals surface area contributed by atoms with Crippen molar-refractivity contribution in [3.63, 3.8) is 0 Å². The van der Waals surface area contributed by atoms with Crippen molar-refractivity contribution in [2.45, 2.75) is 0 Å². The summed E-state index contributed by atoms with van der Waals surface area (Å²) >= 11 is 0. The Morgan fingerprint density at radius 1 is 1.21 bits per heavy atom. The van der Waals surface area contributed by atoms with E-state index in [0.29, 0.717) is 5.56 Å². The summed E-state index contributed by atoms with van der Waals surface area (Å²) < 4.78 is 0. The number of benzene rings is 1. The summed E-state index contributed by atoms with van der Waals surface area (Å²) in [5.41, 5.74) is 0.795. The number of hydrogen-bond acceptors (Lipinski definition) is 4. The minimum Gasteiger partial charge on any atom is -0.308 e. The summed E-state index contributed by atoms with van der Waals surface area (Å²) in [6.07, 6.45) is 3.77. The van der Waals surface area contributed by atoms with Crippen LogP contribution in [0, 0.1) is 10.1 Å². The maximum Gasteiger partial charge on any atom is 0.276 e. The fraction of sp³-hybridized carbons (Fsp3) is 0.429. The highest BCUT2D eigenvalue weighted by atomic mass is 16.6. The van der Waals surface area contributed by atoms with Crippen molar-refractivity contribution < 1.29 is 4.92 Å². The Morgan fingerprint density at radius 3 is 2.53 bits per heavy atom. The van der Waals surface area contributed by atoms with E-state index in [4.69, 9.17) is 0 Å². The molecule has 19 heavy (non-hydrogen) atoms. The van der Waals surface area contributed by atoms with Crippen LogP contribution in [0.3, 0.4) is 0 Å². The van der Waals surface area contributed by atoms with Crippen LogP contribution >= 0.6 is 0 Å². The van der Waals surface area contributed by atoms with E-state index in [1.54, 1.807) is 12.1 Å². The summed E-state index contributed by atoms with van der Waals surface area (Å²) in [5, 5.41) is 10.9. The Bertz CT molecular complexity index is 444. The van der Waals surface area contributed by atoms with Gasteiger partial charge in [0.2, 0.25) is 0 Å². The van der Waals surface area contributed by atoms with Gasteiger partial charge < -0.3 is 9.80 Å². The van der Waals surface area contributed by atoms with Crippen LogP contribution in [0.1, 0.15) is 5.56 Å². The molecule has 0 saturated carbocycles. The van der Waals surface area contributed by atoms with Crippen LogP contribution in [0.2, 0.25) is 0 Å². The fourth-order valence-corrected chi connectivity index (χ4v) is 1.62. The molecule has 0 aliphatic rings. The van der Waals surface area contributed by atoms with Crippen LogP contribution in [-0.4, -0.2) is 55.5 Å². The van der Waals surface area contributed by atoms with Crippen molar-refractivity contribution in [1.82, 2.24) is 9.80 Å². The Morgan fingerprint density at radius 2 is 1.89 bits per heavy atom. The molecule has 0 bridgehead atoms. The Kier molecular flexibility index (Phi) is 6.18. The summed E-state index contributed by atoms with van der Waals surface area (Å²) in [5.74, 6) is 0. The minimum atomic E-state index is -0.352. The SMILES string of the molecule is CN(C)CCN(C)C/C=C/c1ccccc1[N+](=O)[O-]. The van der Waals surface area contributed by atoms with Gasteiger partial charge in [0.15, 0.2) is 0 Å². The summed E-state index contributed by atoms with van der Waals surface area (Å²) in [4.78, 5) is 14.8. The van der Waals surface area contributed by atoms with Crippen molar-refractivity contribution in [3.8, 4) is 0 Å². The Labute approximate surface area is 114 Å². The van der Waals surface area contributed by atoms with Gasteiger partial charge in [-0.15, -0.1) is 0 Å². The van der Waals surface area contributed by atoms with Crippen molar-refractivity contribution >= 4 is 11.8 Å². The van der Waals surface area contributed by atoms with Gasteiger partial charge in [-0.1, -0.05) is 24.3 Å². The first-order valence-corrected chi connectivity index (χ1v) is 6.24. The molecule has 1 aromatic rings. The van der Waals surface area contributed by atoms with E-state index < -0.39 is 0 Å². The minimum absolute atomic E-state index is 0.148. The van der Waals surface area contributed by atoms with Crippen LogP contribution in [0.25, 0.3) is 6.08 Å². The summed E-state index contributed by atoms with van der Waals surface area (Å²) in [6, 6.07) is 6.77. The lowest BCUT2D eigenvalue weighted by molar-refractivity contribution is -0.385. The second kappa shape index (κ2) is 7.66. The first-order valence-electron chi connectivity index (χ1n) is 6.24. The largest absolute Gasteiger partial charge is 0.308 e. The molecular formula is C14H21N3O2. The first-order chi connectivity index (χ1) is 9.00. The predicted molar refractivity (Wildman–Crippen MR) is 78.2 cm³/mol. The van der Waals surface area contributed by atoms with Crippen LogP contribution in [-0.2, 0) is 0 Å². The van der Waals surface area contributed by atoms with Gasteiger partial charge in [-0.05, 0) is 27.2 Å². The topological polar surface area (TPSA) is 49.6 Å². The van der Waals surface area contributed by atoms with Gasteiger partial charge in [0, 0.05) is 25.7 Å². The van der Waals surface area contributed by atoms with Gasteiger partial charge in [-0.25, -0.2) is 0 Å². The predicted octanol–water partition coefficient (Wildman–Crippen LogP) is 2.10. The molecule has 0 radical (unpaired) electrons. The van der Waals surface area contributed by atoms with Crippen molar-refractivity contribution in [2.75, 3.05) is 40.8 Å². The molecule has 0 N–H and O–H groups in total. The average Bonchev–Trinajstić information content (AvgIpc) is 2.36. The van der Waals surface area contributed by atoms with E-state index in [1.807, 2.05) is 39.4 Å². The molecule has 1 aromatic carbocycles. The molecule has 5 nitrogen and oxygen atoms in total. The highest BCUT2D eigenvalue weighted by Gasteiger charge is 2.08. The van der Waals surface area contributed by atoms with E-state index in [-0.39, 0.29) is 10.6 Å². The molecule has 0 aliphatic heterocycles. The standard InChI is InChI=1S/C14H21N3O2/c1-15(2)11-12-16(3)10-6-8-13-7-4-5-9-14(13)17(18)19/h4-9H,10-12H2,1-3H3/b8-6+. The number of rotatable bonds is 7. The number of nitro groups is 1. The van der Waals surface area contributed by atoms with Gasteiger partial charge in [0.25, 0.3) is 5.69 Å². The molecule has 0 amide bonds. The normalized spacial score (nSPS) is 11.6. The van der Waals surface area contributed by atoms with Crippen LogP contribution in [0.15, 0.2) is 30.3 Å². The third-order valence-corrected chi connectivity index (χ3v) is 2.78. The molecule has 5 heteroatoms. The molecule has 0 spiro atoms. The van der Waals surface area contributed by atoms with Gasteiger partial charge in [0.05, 0.1) is 10.5 Å². The average molecular weight is 263 g/mol. The van der Waals surface area contributed by atoms with E-state index in [0.717, 1.165) is 19.6 Å². The van der Waals surface area contributed by atoms with E-state index in [9.17, 15) is 10.1 Å². The smallest absolute Gasteiger partial charge is 0.276 e. The van der Waals surface area contributed by atoms with E-state index >= 15 is 0 Å². The molecule has 0 unspecified atom stereocenters. The lowest BCUT2D eigenvalue weighted by Gasteiger charge is -2.17. The highest BCUT2D eigenvalue weighted by molar-refractivity contribution is 5.60. The van der Waals surface area contributed by atoms with E-state index in [2.05, 4.69) is 9.80 Å². The first kappa shape index (κ1) is 15.3. The summed E-state index contributed by atoms with van der Waals surface area (Å²) in [6.45, 7) is 2.74. The second-order valence-corrected chi connectivity index (χ2v) is 4.78. The van der Waals surface area contributed by atoms with Crippen LogP contribution < -0.4 is 0 Å². The second-order valence-electron chi connectivity index (χ2n) is 4.78. The number of nitro benzene ring substituents is 1. The highest BCUT2D eigenvalue weighted by Crippen LogP contribution is 2.18. The molecular weight excluding hydrogens is 242 g/mol. The maximum absolute atomic E-state index is 10.9. The molecule has 0 atom stereocenters. The monoisotopic (exact) mass is 263 g/mol. The van der Waals surface area contributed by atoms with Gasteiger partial charge in [-0.3, -0.25) is 10.1 Å². The molecule has 0 fully saturated rings. The maximum atomic E-state index is 10.9. The molecule has 0 saturated heterocycles. The third-order valence-electron chi connectivity index (χ3n) is 2.78. The number of hydrogen-bond donors (Lipinski definition) is 0. The van der Waals surface area contributed by atoms with Crippen molar-refractivity contribution in [2.24, 2.45) is 0 Å². The van der Waals surface area contributed by atoms with Gasteiger partial charge in [0.1, 0.15) is 0 Å². The van der Waals surface area contributed by atoms with Gasteiger partial charge in [-0.2, -0.15) is 0 Å².